The molecule has 0 aliphatic heterocycles. The molecule has 0 aliphatic carbocycles. The lowest BCUT2D eigenvalue weighted by Crippen LogP contribution is -2.36. The minimum absolute atomic E-state index is 0.0404. The number of aliphatic hydroxyl groups is 1. The van der Waals surface area contributed by atoms with Crippen LogP contribution in [0.3, 0.4) is 0 Å². The van der Waals surface area contributed by atoms with Crippen LogP contribution in [0.25, 0.3) is 0 Å². The maximum absolute atomic E-state index is 11.4. The summed E-state index contributed by atoms with van der Waals surface area (Å²) in [6, 6.07) is -0.0624. The van der Waals surface area contributed by atoms with E-state index in [9.17, 15) is 4.79 Å². The highest BCUT2D eigenvalue weighted by Gasteiger charge is 2.08. The van der Waals surface area contributed by atoms with Crippen molar-refractivity contribution in [3.8, 4) is 0 Å². The van der Waals surface area contributed by atoms with Crippen molar-refractivity contribution >= 4 is 5.91 Å². The molecule has 3 heteroatoms. The predicted octanol–water partition coefficient (Wildman–Crippen LogP) is 2.62. The fraction of sp³-hybridized carbons (Fsp3) is 0.923. The lowest BCUT2D eigenvalue weighted by Gasteiger charge is -2.13. The highest BCUT2D eigenvalue weighted by atomic mass is 16.3. The first-order valence-electron chi connectivity index (χ1n) is 6.64. The summed E-state index contributed by atoms with van der Waals surface area (Å²) in [7, 11) is 0. The normalized spacial score (nSPS) is 12.4. The van der Waals surface area contributed by atoms with E-state index in [1.54, 1.807) is 0 Å². The molecule has 96 valence electrons. The Morgan fingerprint density at radius 3 is 2.31 bits per heavy atom. The van der Waals surface area contributed by atoms with Crippen molar-refractivity contribution < 1.29 is 9.90 Å². The SMILES string of the molecule is CCCCCCCCC(=O)N[C@H](CC)CO. The van der Waals surface area contributed by atoms with Gasteiger partial charge in [-0.05, 0) is 12.8 Å². The third-order valence-corrected chi connectivity index (χ3v) is 2.84. The number of amides is 1. The first-order valence-corrected chi connectivity index (χ1v) is 6.64. The molecular formula is C13H27NO2. The van der Waals surface area contributed by atoms with Crippen LogP contribution in [-0.4, -0.2) is 23.7 Å². The van der Waals surface area contributed by atoms with Crippen LogP contribution >= 0.6 is 0 Å². The summed E-state index contributed by atoms with van der Waals surface area (Å²) in [5, 5.41) is 11.8. The Balaban J connectivity index is 3.36. The molecule has 0 saturated carbocycles. The molecular weight excluding hydrogens is 202 g/mol. The zero-order chi connectivity index (χ0) is 12.2. The van der Waals surface area contributed by atoms with E-state index in [-0.39, 0.29) is 18.6 Å². The summed E-state index contributed by atoms with van der Waals surface area (Å²) in [6.45, 7) is 4.21. The van der Waals surface area contributed by atoms with E-state index in [1.807, 2.05) is 6.92 Å². The molecule has 0 aromatic rings. The van der Waals surface area contributed by atoms with Crippen molar-refractivity contribution in [3.05, 3.63) is 0 Å². The van der Waals surface area contributed by atoms with Gasteiger partial charge in [0, 0.05) is 6.42 Å². The Hall–Kier alpha value is -0.570. The second-order valence-electron chi connectivity index (χ2n) is 4.37. The summed E-state index contributed by atoms with van der Waals surface area (Å²) in [5.41, 5.74) is 0. The Labute approximate surface area is 99.6 Å². The second-order valence-corrected chi connectivity index (χ2v) is 4.37. The van der Waals surface area contributed by atoms with Crippen LogP contribution in [0.15, 0.2) is 0 Å². The summed E-state index contributed by atoms with van der Waals surface area (Å²) in [6.07, 6.45) is 8.58. The Morgan fingerprint density at radius 2 is 1.75 bits per heavy atom. The number of hydrogen-bond acceptors (Lipinski definition) is 2. The molecule has 0 aliphatic rings. The first kappa shape index (κ1) is 15.4. The quantitative estimate of drug-likeness (QED) is 0.566. The Kier molecular flexibility index (Phi) is 10.5. The molecule has 0 radical (unpaired) electrons. The van der Waals surface area contributed by atoms with Gasteiger partial charge < -0.3 is 10.4 Å². The van der Waals surface area contributed by atoms with Gasteiger partial charge in [0.05, 0.1) is 12.6 Å². The number of unbranched alkanes of at least 4 members (excludes halogenated alkanes) is 5. The van der Waals surface area contributed by atoms with E-state index in [0.717, 1.165) is 19.3 Å². The van der Waals surface area contributed by atoms with Gasteiger partial charge >= 0.3 is 0 Å². The van der Waals surface area contributed by atoms with E-state index in [0.29, 0.717) is 6.42 Å². The Bertz CT molecular complexity index is 167. The number of nitrogens with one attached hydrogen (secondary N) is 1. The smallest absolute Gasteiger partial charge is 0.220 e. The van der Waals surface area contributed by atoms with Crippen LogP contribution in [0.1, 0.15) is 65.2 Å². The highest BCUT2D eigenvalue weighted by Crippen LogP contribution is 2.06. The maximum Gasteiger partial charge on any atom is 0.220 e. The van der Waals surface area contributed by atoms with E-state index in [2.05, 4.69) is 12.2 Å². The molecule has 0 aromatic carbocycles. The van der Waals surface area contributed by atoms with Gasteiger partial charge in [-0.1, -0.05) is 46.0 Å². The molecule has 0 aromatic heterocycles. The van der Waals surface area contributed by atoms with Gasteiger partial charge in [-0.15, -0.1) is 0 Å². The van der Waals surface area contributed by atoms with Gasteiger partial charge in [0.15, 0.2) is 0 Å². The first-order chi connectivity index (χ1) is 7.74. The minimum atomic E-state index is -0.0624. The zero-order valence-electron chi connectivity index (χ0n) is 10.8. The molecule has 0 fully saturated rings. The van der Waals surface area contributed by atoms with Crippen LogP contribution in [0.5, 0.6) is 0 Å². The largest absolute Gasteiger partial charge is 0.394 e. The standard InChI is InChI=1S/C13H27NO2/c1-3-5-6-7-8-9-10-13(16)14-12(4-2)11-15/h12,15H,3-11H2,1-2H3,(H,14,16)/t12-/m1/s1. The van der Waals surface area contributed by atoms with Crippen molar-refractivity contribution in [3.63, 3.8) is 0 Å². The van der Waals surface area contributed by atoms with Gasteiger partial charge in [0.1, 0.15) is 0 Å². The lowest BCUT2D eigenvalue weighted by atomic mass is 10.1. The molecule has 16 heavy (non-hydrogen) atoms. The molecule has 0 bridgehead atoms. The highest BCUT2D eigenvalue weighted by molar-refractivity contribution is 5.76. The zero-order valence-corrected chi connectivity index (χ0v) is 10.8. The Morgan fingerprint density at radius 1 is 1.12 bits per heavy atom. The molecule has 1 amide bonds. The summed E-state index contributed by atoms with van der Waals surface area (Å²) < 4.78 is 0. The molecule has 0 spiro atoms. The maximum atomic E-state index is 11.4. The fourth-order valence-electron chi connectivity index (χ4n) is 1.64. The van der Waals surface area contributed by atoms with Crippen LogP contribution in [0, 0.1) is 0 Å². The van der Waals surface area contributed by atoms with Gasteiger partial charge in [-0.2, -0.15) is 0 Å². The number of carbonyl (C=O) groups is 1. The van der Waals surface area contributed by atoms with Gasteiger partial charge in [-0.25, -0.2) is 0 Å². The van der Waals surface area contributed by atoms with Gasteiger partial charge in [0.25, 0.3) is 0 Å². The molecule has 0 saturated heterocycles. The van der Waals surface area contributed by atoms with Crippen LogP contribution in [-0.2, 0) is 4.79 Å². The average molecular weight is 229 g/mol. The molecule has 0 heterocycles. The second kappa shape index (κ2) is 10.9. The van der Waals surface area contributed by atoms with Crippen molar-refractivity contribution in [2.24, 2.45) is 0 Å². The van der Waals surface area contributed by atoms with E-state index >= 15 is 0 Å². The third kappa shape index (κ3) is 8.72. The minimum Gasteiger partial charge on any atom is -0.394 e. The van der Waals surface area contributed by atoms with Crippen molar-refractivity contribution in [1.29, 1.82) is 0 Å². The molecule has 0 rings (SSSR count). The number of aliphatic hydroxyl groups excluding tert-OH is 1. The molecule has 1 atom stereocenters. The predicted molar refractivity (Wildman–Crippen MR) is 67.3 cm³/mol. The van der Waals surface area contributed by atoms with Crippen LogP contribution < -0.4 is 5.32 Å². The molecule has 3 nitrogen and oxygen atoms in total. The topological polar surface area (TPSA) is 49.3 Å². The van der Waals surface area contributed by atoms with E-state index in [1.165, 1.54) is 25.7 Å². The summed E-state index contributed by atoms with van der Waals surface area (Å²) in [4.78, 5) is 11.4. The van der Waals surface area contributed by atoms with E-state index in [4.69, 9.17) is 5.11 Å². The van der Waals surface area contributed by atoms with E-state index < -0.39 is 0 Å². The number of hydrogen-bond donors (Lipinski definition) is 2. The van der Waals surface area contributed by atoms with Crippen molar-refractivity contribution in [1.82, 2.24) is 5.32 Å². The summed E-state index contributed by atoms with van der Waals surface area (Å²) >= 11 is 0. The van der Waals surface area contributed by atoms with Crippen LogP contribution in [0.4, 0.5) is 0 Å². The van der Waals surface area contributed by atoms with Crippen molar-refractivity contribution in [2.45, 2.75) is 71.3 Å². The lowest BCUT2D eigenvalue weighted by molar-refractivity contribution is -0.122. The molecule has 2 N–H and O–H groups in total. The van der Waals surface area contributed by atoms with Gasteiger partial charge in [0.2, 0.25) is 5.91 Å². The number of rotatable bonds is 10. The third-order valence-electron chi connectivity index (χ3n) is 2.84. The van der Waals surface area contributed by atoms with Crippen molar-refractivity contribution in [2.75, 3.05) is 6.61 Å². The van der Waals surface area contributed by atoms with Gasteiger partial charge in [-0.3, -0.25) is 4.79 Å². The fourth-order valence-corrected chi connectivity index (χ4v) is 1.64. The van der Waals surface area contributed by atoms with Crippen LogP contribution in [0.2, 0.25) is 0 Å². The number of carbonyl (C=O) groups excluding carboxylic acids is 1. The monoisotopic (exact) mass is 229 g/mol. The summed E-state index contributed by atoms with van der Waals surface area (Å²) in [5.74, 6) is 0.0800. The average Bonchev–Trinajstić information content (AvgIpc) is 2.30. The molecule has 0 unspecified atom stereocenters.